The molecule has 9 nitrogen and oxygen atoms in total. The number of hydrogen-bond acceptors (Lipinski definition) is 6. The summed E-state index contributed by atoms with van der Waals surface area (Å²) in [4.78, 5) is 21.5. The van der Waals surface area contributed by atoms with Crippen LogP contribution < -0.4 is 10.2 Å². The molecule has 4 aromatic rings. The van der Waals surface area contributed by atoms with Crippen LogP contribution in [0.4, 0.5) is 19.3 Å². The van der Waals surface area contributed by atoms with Crippen LogP contribution in [0.5, 0.6) is 0 Å². The first kappa shape index (κ1) is 21.0. The number of carbonyl (C=O) groups excluding carboxylic acids is 1. The molecular weight excluding hydrogens is 432 g/mol. The fourth-order valence-electron chi connectivity index (χ4n) is 3.75. The second-order valence-corrected chi connectivity index (χ2v) is 7.60. The van der Waals surface area contributed by atoms with Crippen LogP contribution in [-0.2, 0) is 6.54 Å². The van der Waals surface area contributed by atoms with Gasteiger partial charge in [0.2, 0.25) is 5.89 Å². The maximum Gasteiger partial charge on any atom is 0.324 e. The van der Waals surface area contributed by atoms with Gasteiger partial charge in [-0.2, -0.15) is 8.78 Å². The summed E-state index contributed by atoms with van der Waals surface area (Å²) < 4.78 is 32.4. The van der Waals surface area contributed by atoms with Gasteiger partial charge in [0.05, 0.1) is 12.2 Å². The smallest absolute Gasteiger partial charge is 0.324 e. The largest absolute Gasteiger partial charge is 0.415 e. The van der Waals surface area contributed by atoms with E-state index in [9.17, 15) is 13.6 Å². The van der Waals surface area contributed by atoms with E-state index in [-0.39, 0.29) is 18.5 Å². The van der Waals surface area contributed by atoms with Crippen LogP contribution in [-0.4, -0.2) is 56.7 Å². The zero-order chi connectivity index (χ0) is 22.8. The summed E-state index contributed by atoms with van der Waals surface area (Å²) in [7, 11) is 0. The lowest BCUT2D eigenvalue weighted by molar-refractivity contribution is 0.116. The average molecular weight is 453 g/mol. The van der Waals surface area contributed by atoms with E-state index in [4.69, 9.17) is 4.42 Å². The Morgan fingerprint density at radius 1 is 1.15 bits per heavy atom. The summed E-state index contributed by atoms with van der Waals surface area (Å²) in [5.74, 6) is -0.726. The molecule has 1 aromatic carbocycles. The van der Waals surface area contributed by atoms with Crippen LogP contribution in [0.15, 0.2) is 59.3 Å². The number of alkyl halides is 2. The molecule has 1 aliphatic rings. The SMILES string of the molecule is O=C(N1CCNCC1)N(Cc1cn2ccc(-c3nnc(C(F)F)o3)cc2n1)c1ccccc1. The second kappa shape index (κ2) is 8.94. The third-order valence-electron chi connectivity index (χ3n) is 5.39. The summed E-state index contributed by atoms with van der Waals surface area (Å²) >= 11 is 0. The Labute approximate surface area is 187 Å². The van der Waals surface area contributed by atoms with Crippen LogP contribution in [0.1, 0.15) is 18.0 Å². The van der Waals surface area contributed by atoms with Crippen molar-refractivity contribution in [2.45, 2.75) is 13.0 Å². The molecule has 2 amide bonds. The van der Waals surface area contributed by atoms with E-state index < -0.39 is 12.3 Å². The number of rotatable bonds is 5. The summed E-state index contributed by atoms with van der Waals surface area (Å²) in [5.41, 5.74) is 2.51. The second-order valence-electron chi connectivity index (χ2n) is 7.60. The molecule has 0 aliphatic carbocycles. The van der Waals surface area contributed by atoms with Gasteiger partial charge in [0.25, 0.3) is 5.89 Å². The highest BCUT2D eigenvalue weighted by molar-refractivity contribution is 5.92. The fourth-order valence-corrected chi connectivity index (χ4v) is 3.75. The molecule has 4 heterocycles. The van der Waals surface area contributed by atoms with Gasteiger partial charge < -0.3 is 19.0 Å². The molecule has 0 saturated carbocycles. The number of halogens is 2. The van der Waals surface area contributed by atoms with Gasteiger partial charge in [-0.25, -0.2) is 9.78 Å². The van der Waals surface area contributed by atoms with E-state index in [2.05, 4.69) is 20.5 Å². The number of fused-ring (bicyclic) bond motifs is 1. The topological polar surface area (TPSA) is 91.8 Å². The van der Waals surface area contributed by atoms with Crippen molar-refractivity contribution in [1.82, 2.24) is 29.8 Å². The summed E-state index contributed by atoms with van der Waals surface area (Å²) in [6.45, 7) is 3.08. The Kier molecular flexibility index (Phi) is 5.69. The molecule has 0 radical (unpaired) electrons. The van der Waals surface area contributed by atoms with Crippen LogP contribution in [0.25, 0.3) is 17.1 Å². The molecular formula is C22H21F2N7O2. The molecule has 1 N–H and O–H groups in total. The molecule has 170 valence electrons. The minimum Gasteiger partial charge on any atom is -0.415 e. The number of piperazine rings is 1. The van der Waals surface area contributed by atoms with E-state index in [0.29, 0.717) is 30.0 Å². The predicted octanol–water partition coefficient (Wildman–Crippen LogP) is 3.35. The number of pyridine rings is 1. The summed E-state index contributed by atoms with van der Waals surface area (Å²) in [5, 5.41) is 10.3. The van der Waals surface area contributed by atoms with Crippen LogP contribution in [0.2, 0.25) is 0 Å². The third-order valence-corrected chi connectivity index (χ3v) is 5.39. The molecule has 1 saturated heterocycles. The molecule has 11 heteroatoms. The van der Waals surface area contributed by atoms with Gasteiger partial charge in [-0.05, 0) is 24.3 Å². The number of urea groups is 1. The van der Waals surface area contributed by atoms with Crippen LogP contribution in [0.3, 0.4) is 0 Å². The maximum atomic E-state index is 13.3. The van der Waals surface area contributed by atoms with E-state index in [1.54, 1.807) is 27.6 Å². The molecule has 1 aliphatic heterocycles. The number of amides is 2. The average Bonchev–Trinajstić information content (AvgIpc) is 3.50. The first-order valence-electron chi connectivity index (χ1n) is 10.5. The van der Waals surface area contributed by atoms with Crippen LogP contribution in [0, 0.1) is 0 Å². The highest BCUT2D eigenvalue weighted by atomic mass is 19.3. The monoisotopic (exact) mass is 453 g/mol. The Hall–Kier alpha value is -3.86. The number of benzene rings is 1. The van der Waals surface area contributed by atoms with Gasteiger partial charge in [0.1, 0.15) is 5.65 Å². The number of aromatic nitrogens is 4. The Morgan fingerprint density at radius 3 is 2.67 bits per heavy atom. The fraction of sp³-hybridized carbons (Fsp3) is 0.273. The number of para-hydroxylation sites is 1. The van der Waals surface area contributed by atoms with Crippen molar-refractivity contribution >= 4 is 17.4 Å². The zero-order valence-corrected chi connectivity index (χ0v) is 17.6. The zero-order valence-electron chi connectivity index (χ0n) is 17.6. The maximum absolute atomic E-state index is 13.3. The number of anilines is 1. The predicted molar refractivity (Wildman–Crippen MR) is 116 cm³/mol. The molecule has 0 spiro atoms. The Bertz CT molecular complexity index is 1250. The minimum atomic E-state index is -2.83. The van der Waals surface area contributed by atoms with Gasteiger partial charge in [-0.1, -0.05) is 18.2 Å². The van der Waals surface area contributed by atoms with Gasteiger partial charge in [0, 0.05) is 49.8 Å². The normalized spacial score (nSPS) is 14.2. The highest BCUT2D eigenvalue weighted by Crippen LogP contribution is 2.25. The number of carbonyl (C=O) groups is 1. The lowest BCUT2D eigenvalue weighted by Crippen LogP contribution is -2.51. The number of nitrogens with one attached hydrogen (secondary N) is 1. The first-order chi connectivity index (χ1) is 16.1. The van der Waals surface area contributed by atoms with E-state index in [0.717, 1.165) is 18.8 Å². The molecule has 0 atom stereocenters. The van der Waals surface area contributed by atoms with Crippen molar-refractivity contribution in [3.8, 4) is 11.5 Å². The lowest BCUT2D eigenvalue weighted by atomic mass is 10.2. The summed E-state index contributed by atoms with van der Waals surface area (Å²) in [6.07, 6.45) is 0.738. The first-order valence-corrected chi connectivity index (χ1v) is 10.5. The van der Waals surface area contributed by atoms with E-state index in [1.165, 1.54) is 0 Å². The van der Waals surface area contributed by atoms with Crippen molar-refractivity contribution in [3.63, 3.8) is 0 Å². The van der Waals surface area contributed by atoms with Crippen molar-refractivity contribution in [3.05, 3.63) is 66.4 Å². The van der Waals surface area contributed by atoms with Gasteiger partial charge in [-0.15, -0.1) is 10.2 Å². The van der Waals surface area contributed by atoms with Crippen molar-refractivity contribution in [2.75, 3.05) is 31.1 Å². The Balaban J connectivity index is 1.43. The molecule has 1 fully saturated rings. The van der Waals surface area contributed by atoms with E-state index in [1.807, 2.05) is 41.4 Å². The van der Waals surface area contributed by atoms with Crippen molar-refractivity contribution in [2.24, 2.45) is 0 Å². The van der Waals surface area contributed by atoms with Crippen LogP contribution >= 0.6 is 0 Å². The highest BCUT2D eigenvalue weighted by Gasteiger charge is 2.25. The number of hydrogen-bond donors (Lipinski definition) is 1. The van der Waals surface area contributed by atoms with E-state index >= 15 is 0 Å². The quantitative estimate of drug-likeness (QED) is 0.498. The molecule has 5 rings (SSSR count). The number of nitrogens with zero attached hydrogens (tertiary/aromatic N) is 6. The molecule has 0 unspecified atom stereocenters. The number of imidazole rings is 1. The summed E-state index contributed by atoms with van der Waals surface area (Å²) in [6, 6.07) is 12.8. The van der Waals surface area contributed by atoms with Gasteiger partial charge in [-0.3, -0.25) is 4.90 Å². The standard InChI is InChI=1S/C22H21F2N7O2/c23-19(24)21-28-27-20(33-21)15-6-9-30-13-16(26-18(30)12-15)14-31(17-4-2-1-3-5-17)22(32)29-10-7-25-8-11-29/h1-6,9,12-13,19,25H,7-8,10-11,14H2. The molecule has 3 aromatic heterocycles. The molecule has 33 heavy (non-hydrogen) atoms. The van der Waals surface area contributed by atoms with Gasteiger partial charge >= 0.3 is 12.5 Å². The lowest BCUT2D eigenvalue weighted by Gasteiger charge is -2.33. The third kappa shape index (κ3) is 4.40. The molecule has 0 bridgehead atoms. The minimum absolute atomic E-state index is 0.00264. The Morgan fingerprint density at radius 2 is 1.94 bits per heavy atom. The van der Waals surface area contributed by atoms with Gasteiger partial charge in [0.15, 0.2) is 0 Å². The van der Waals surface area contributed by atoms with Crippen molar-refractivity contribution in [1.29, 1.82) is 0 Å². The van der Waals surface area contributed by atoms with Crippen molar-refractivity contribution < 1.29 is 18.0 Å².